The number of nitrogens with one attached hydrogen (secondary N) is 2. The zero-order chi connectivity index (χ0) is 22.0. The molecule has 0 aliphatic carbocycles. The lowest BCUT2D eigenvalue weighted by atomic mass is 9.89. The number of nitrogens with zero attached hydrogens (tertiary/aromatic N) is 1. The summed E-state index contributed by atoms with van der Waals surface area (Å²) in [6.07, 6.45) is 3.64. The molecule has 0 saturated carbocycles. The van der Waals surface area contributed by atoms with E-state index in [0.717, 1.165) is 28.8 Å². The number of likely N-dealkylation sites (tertiary alicyclic amines) is 1. The molecule has 1 aliphatic heterocycles. The van der Waals surface area contributed by atoms with E-state index in [1.807, 2.05) is 55.3 Å². The summed E-state index contributed by atoms with van der Waals surface area (Å²) in [4.78, 5) is 31.3. The lowest BCUT2D eigenvalue weighted by molar-refractivity contribution is -0.135. The van der Waals surface area contributed by atoms with Crippen molar-refractivity contribution in [1.29, 1.82) is 0 Å². The summed E-state index contributed by atoms with van der Waals surface area (Å²) in [7, 11) is 0. The van der Waals surface area contributed by atoms with Crippen molar-refractivity contribution >= 4 is 34.3 Å². The molecule has 2 aromatic carbocycles. The molecule has 3 aromatic rings. The number of carbonyl (C=O) groups is 2. The average molecular weight is 438 g/mol. The number of hydrogen-bond donors (Lipinski definition) is 2. The Labute approximate surface area is 187 Å². The van der Waals surface area contributed by atoms with Crippen molar-refractivity contribution in [3.05, 3.63) is 70.9 Å². The first kappa shape index (κ1) is 21.4. The van der Waals surface area contributed by atoms with Crippen LogP contribution in [0.4, 0.5) is 0 Å². The van der Waals surface area contributed by atoms with Crippen molar-refractivity contribution in [2.24, 2.45) is 5.92 Å². The molecule has 31 heavy (non-hydrogen) atoms. The van der Waals surface area contributed by atoms with Gasteiger partial charge in [0.25, 0.3) is 5.91 Å². The molecule has 0 unspecified atom stereocenters. The molecule has 1 fully saturated rings. The number of hydrogen-bond acceptors (Lipinski definition) is 2. The van der Waals surface area contributed by atoms with Crippen LogP contribution in [0, 0.1) is 5.92 Å². The van der Waals surface area contributed by atoms with Crippen LogP contribution in [0.5, 0.6) is 0 Å². The van der Waals surface area contributed by atoms with Crippen molar-refractivity contribution in [2.45, 2.75) is 38.6 Å². The lowest BCUT2D eigenvalue weighted by Crippen LogP contribution is -2.52. The number of fused-ring (bicyclic) bond motifs is 1. The van der Waals surface area contributed by atoms with Crippen LogP contribution in [-0.2, 0) is 4.79 Å². The van der Waals surface area contributed by atoms with E-state index < -0.39 is 6.04 Å². The Morgan fingerprint density at radius 1 is 1.06 bits per heavy atom. The minimum atomic E-state index is -0.551. The molecule has 0 radical (unpaired) electrons. The van der Waals surface area contributed by atoms with Gasteiger partial charge in [0.15, 0.2) is 0 Å². The molecule has 1 atom stereocenters. The maximum absolute atomic E-state index is 13.3. The Bertz CT molecular complexity index is 1070. The predicted octanol–water partition coefficient (Wildman–Crippen LogP) is 4.98. The third-order valence-corrected chi connectivity index (χ3v) is 6.45. The summed E-state index contributed by atoms with van der Waals surface area (Å²) >= 11 is 6.00. The molecule has 1 saturated heterocycles. The molecule has 6 heteroatoms. The number of piperidine rings is 1. The van der Waals surface area contributed by atoms with Crippen molar-refractivity contribution in [2.75, 3.05) is 13.1 Å². The number of rotatable bonds is 5. The standard InChI is InChI=1S/C25H28ClN3O2/c1-16(2)22(28-24(30)21-5-3-4-19-10-13-27-23(19)21)25(31)29-14-11-18(12-15-29)17-6-8-20(26)9-7-17/h3-10,13,16,18,22,27H,11-12,14-15H2,1-2H3,(H,28,30)/t22-/m1/s1. The summed E-state index contributed by atoms with van der Waals surface area (Å²) in [6.45, 7) is 5.33. The number of halogens is 1. The van der Waals surface area contributed by atoms with Crippen molar-refractivity contribution in [1.82, 2.24) is 15.2 Å². The van der Waals surface area contributed by atoms with Gasteiger partial charge in [-0.05, 0) is 54.5 Å². The highest BCUT2D eigenvalue weighted by atomic mass is 35.5. The second-order valence-electron chi connectivity index (χ2n) is 8.59. The second kappa shape index (κ2) is 9.15. The summed E-state index contributed by atoms with van der Waals surface area (Å²) in [5, 5.41) is 4.71. The number of para-hydroxylation sites is 1. The maximum atomic E-state index is 13.3. The zero-order valence-electron chi connectivity index (χ0n) is 17.9. The van der Waals surface area contributed by atoms with E-state index >= 15 is 0 Å². The molecular weight excluding hydrogens is 410 g/mol. The summed E-state index contributed by atoms with van der Waals surface area (Å²) in [6, 6.07) is 15.0. The van der Waals surface area contributed by atoms with E-state index in [-0.39, 0.29) is 17.7 Å². The van der Waals surface area contributed by atoms with Crippen LogP contribution in [-0.4, -0.2) is 40.8 Å². The molecule has 2 amide bonds. The van der Waals surface area contributed by atoms with Gasteiger partial charge < -0.3 is 15.2 Å². The van der Waals surface area contributed by atoms with Crippen LogP contribution in [0.2, 0.25) is 5.02 Å². The number of aromatic nitrogens is 1. The fraction of sp³-hybridized carbons (Fsp3) is 0.360. The SMILES string of the molecule is CC(C)[C@@H](NC(=O)c1cccc2cc[nH]c12)C(=O)N1CCC(c2ccc(Cl)cc2)CC1. The van der Waals surface area contributed by atoms with Gasteiger partial charge in [0, 0.05) is 29.7 Å². The largest absolute Gasteiger partial charge is 0.361 e. The molecule has 2 N–H and O–H groups in total. The first-order chi connectivity index (χ1) is 14.9. The fourth-order valence-electron chi connectivity index (χ4n) is 4.37. The number of carbonyl (C=O) groups excluding carboxylic acids is 2. The molecule has 4 rings (SSSR count). The minimum Gasteiger partial charge on any atom is -0.361 e. The zero-order valence-corrected chi connectivity index (χ0v) is 18.7. The van der Waals surface area contributed by atoms with Crippen molar-refractivity contribution in [3.8, 4) is 0 Å². The minimum absolute atomic E-state index is 0.00318. The van der Waals surface area contributed by atoms with Crippen LogP contribution < -0.4 is 5.32 Å². The fourth-order valence-corrected chi connectivity index (χ4v) is 4.50. The number of amides is 2. The second-order valence-corrected chi connectivity index (χ2v) is 9.03. The van der Waals surface area contributed by atoms with E-state index in [9.17, 15) is 9.59 Å². The first-order valence-corrected chi connectivity index (χ1v) is 11.2. The van der Waals surface area contributed by atoms with E-state index in [1.54, 1.807) is 6.07 Å². The van der Waals surface area contributed by atoms with Crippen LogP contribution in [0.15, 0.2) is 54.7 Å². The van der Waals surface area contributed by atoms with Crippen molar-refractivity contribution < 1.29 is 9.59 Å². The summed E-state index contributed by atoms with van der Waals surface area (Å²) < 4.78 is 0. The summed E-state index contributed by atoms with van der Waals surface area (Å²) in [5.41, 5.74) is 2.62. The van der Waals surface area contributed by atoms with Gasteiger partial charge in [-0.15, -0.1) is 0 Å². The van der Waals surface area contributed by atoms with Gasteiger partial charge >= 0.3 is 0 Å². The highest BCUT2D eigenvalue weighted by Crippen LogP contribution is 2.29. The monoisotopic (exact) mass is 437 g/mol. The van der Waals surface area contributed by atoms with Gasteiger partial charge in [-0.25, -0.2) is 0 Å². The smallest absolute Gasteiger partial charge is 0.254 e. The van der Waals surface area contributed by atoms with E-state index in [1.165, 1.54) is 5.56 Å². The Morgan fingerprint density at radius 2 is 1.77 bits per heavy atom. The van der Waals surface area contributed by atoms with Crippen LogP contribution in [0.1, 0.15) is 48.5 Å². The van der Waals surface area contributed by atoms with Crippen LogP contribution in [0.25, 0.3) is 10.9 Å². The van der Waals surface area contributed by atoms with Gasteiger partial charge in [-0.1, -0.05) is 49.7 Å². The first-order valence-electron chi connectivity index (χ1n) is 10.8. The molecule has 0 bridgehead atoms. The molecule has 2 heterocycles. The molecule has 1 aromatic heterocycles. The number of H-pyrrole nitrogens is 1. The Kier molecular flexibility index (Phi) is 6.33. The predicted molar refractivity (Wildman–Crippen MR) is 124 cm³/mol. The summed E-state index contributed by atoms with van der Waals surface area (Å²) in [5.74, 6) is 0.194. The van der Waals surface area contributed by atoms with Crippen LogP contribution in [0.3, 0.4) is 0 Å². The maximum Gasteiger partial charge on any atom is 0.254 e. The van der Waals surface area contributed by atoms with Crippen molar-refractivity contribution in [3.63, 3.8) is 0 Å². The van der Waals surface area contributed by atoms with E-state index in [2.05, 4.69) is 22.4 Å². The molecule has 0 spiro atoms. The highest BCUT2D eigenvalue weighted by Gasteiger charge is 2.32. The van der Waals surface area contributed by atoms with Gasteiger partial charge in [-0.2, -0.15) is 0 Å². The quantitative estimate of drug-likeness (QED) is 0.591. The van der Waals surface area contributed by atoms with E-state index in [0.29, 0.717) is 24.6 Å². The third kappa shape index (κ3) is 4.62. The topological polar surface area (TPSA) is 65.2 Å². The van der Waals surface area contributed by atoms with E-state index in [4.69, 9.17) is 11.6 Å². The highest BCUT2D eigenvalue weighted by molar-refractivity contribution is 6.30. The Morgan fingerprint density at radius 3 is 2.45 bits per heavy atom. The Hall–Kier alpha value is -2.79. The van der Waals surface area contributed by atoms with Gasteiger partial charge in [0.1, 0.15) is 6.04 Å². The van der Waals surface area contributed by atoms with Gasteiger partial charge in [0.2, 0.25) is 5.91 Å². The lowest BCUT2D eigenvalue weighted by Gasteiger charge is -2.35. The normalized spacial score (nSPS) is 15.9. The molecular formula is C25H28ClN3O2. The Balaban J connectivity index is 1.42. The number of benzene rings is 2. The number of aromatic amines is 1. The van der Waals surface area contributed by atoms with Gasteiger partial charge in [-0.3, -0.25) is 9.59 Å². The average Bonchev–Trinajstić information content (AvgIpc) is 3.26. The molecule has 1 aliphatic rings. The van der Waals surface area contributed by atoms with Crippen LogP contribution >= 0.6 is 11.6 Å². The molecule has 5 nitrogen and oxygen atoms in total. The van der Waals surface area contributed by atoms with Gasteiger partial charge in [0.05, 0.1) is 11.1 Å². The molecule has 162 valence electrons. The third-order valence-electron chi connectivity index (χ3n) is 6.20.